The van der Waals surface area contributed by atoms with E-state index in [0.717, 1.165) is 10.5 Å². The molecule has 1 aromatic rings. The first-order chi connectivity index (χ1) is 10.0. The predicted molar refractivity (Wildman–Crippen MR) is 81.7 cm³/mol. The summed E-state index contributed by atoms with van der Waals surface area (Å²) in [6, 6.07) is 5.27. The number of benzene rings is 1. The third kappa shape index (κ3) is 3.77. The molecule has 1 unspecified atom stereocenters. The highest BCUT2D eigenvalue weighted by Gasteiger charge is 2.30. The first-order valence-corrected chi connectivity index (χ1v) is 7.31. The summed E-state index contributed by atoms with van der Waals surface area (Å²) in [5.41, 5.74) is 0.894. The lowest BCUT2D eigenvalue weighted by Gasteiger charge is -2.18. The van der Waals surface area contributed by atoms with Gasteiger partial charge in [0.1, 0.15) is 6.61 Å². The highest BCUT2D eigenvalue weighted by molar-refractivity contribution is 6.42. The lowest BCUT2D eigenvalue weighted by atomic mass is 9.92. The minimum absolute atomic E-state index is 0.0989. The number of ether oxygens (including phenoxy) is 1. The molecule has 2 amide bonds. The maximum Gasteiger partial charge on any atom is 0.416 e. The van der Waals surface area contributed by atoms with Crippen molar-refractivity contribution in [2.45, 2.75) is 18.8 Å². The van der Waals surface area contributed by atoms with Crippen LogP contribution in [-0.4, -0.2) is 30.1 Å². The average Bonchev–Trinajstić information content (AvgIpc) is 2.87. The number of allylic oxidation sites excluding steroid dienone is 1. The molecule has 1 fully saturated rings. The Balaban J connectivity index is 2.14. The molecular weight excluding hydrogens is 313 g/mol. The minimum atomic E-state index is -0.577. The van der Waals surface area contributed by atoms with Crippen LogP contribution < -0.4 is 0 Å². The Hall–Kier alpha value is -1.52. The quantitative estimate of drug-likeness (QED) is 0.767. The summed E-state index contributed by atoms with van der Waals surface area (Å²) in [6.45, 7) is 4.27. The predicted octanol–water partition coefficient (Wildman–Crippen LogP) is 4.02. The number of amides is 2. The topological polar surface area (TPSA) is 46.6 Å². The molecule has 1 atom stereocenters. The van der Waals surface area contributed by atoms with Gasteiger partial charge in [0.25, 0.3) is 0 Å². The number of rotatable bonds is 5. The van der Waals surface area contributed by atoms with Crippen molar-refractivity contribution in [1.29, 1.82) is 0 Å². The molecule has 1 heterocycles. The molecular formula is C15H15Cl2NO3. The van der Waals surface area contributed by atoms with E-state index in [1.165, 1.54) is 0 Å². The van der Waals surface area contributed by atoms with Gasteiger partial charge in [-0.25, -0.2) is 9.69 Å². The Kier molecular flexibility index (Phi) is 5.26. The summed E-state index contributed by atoms with van der Waals surface area (Å²) in [6.07, 6.45) is 1.96. The first kappa shape index (κ1) is 15.9. The average molecular weight is 328 g/mol. The third-order valence-corrected chi connectivity index (χ3v) is 4.09. The van der Waals surface area contributed by atoms with Gasteiger partial charge in [-0.15, -0.1) is 6.58 Å². The Morgan fingerprint density at radius 1 is 1.43 bits per heavy atom. The first-order valence-electron chi connectivity index (χ1n) is 6.56. The van der Waals surface area contributed by atoms with Crippen LogP contribution in [-0.2, 0) is 9.53 Å². The minimum Gasteiger partial charge on any atom is -0.447 e. The van der Waals surface area contributed by atoms with Gasteiger partial charge in [-0.2, -0.15) is 0 Å². The molecule has 1 aromatic carbocycles. The normalized spacial score (nSPS) is 15.7. The molecule has 1 aliphatic rings. The van der Waals surface area contributed by atoms with E-state index in [1.807, 2.05) is 6.07 Å². The Bertz CT molecular complexity index is 574. The molecule has 112 valence electrons. The number of hydrogen-bond acceptors (Lipinski definition) is 3. The van der Waals surface area contributed by atoms with Crippen molar-refractivity contribution >= 4 is 35.2 Å². The molecule has 0 N–H and O–H groups in total. The second-order valence-corrected chi connectivity index (χ2v) is 5.57. The molecule has 0 spiro atoms. The van der Waals surface area contributed by atoms with Gasteiger partial charge in [0, 0.05) is 6.42 Å². The fourth-order valence-corrected chi connectivity index (χ4v) is 2.55. The highest BCUT2D eigenvalue weighted by Crippen LogP contribution is 2.30. The van der Waals surface area contributed by atoms with Gasteiger partial charge in [-0.3, -0.25) is 4.79 Å². The van der Waals surface area contributed by atoms with Crippen LogP contribution in [0.1, 0.15) is 24.3 Å². The van der Waals surface area contributed by atoms with Crippen molar-refractivity contribution in [3.8, 4) is 0 Å². The molecule has 0 aliphatic carbocycles. The molecule has 2 rings (SSSR count). The lowest BCUT2D eigenvalue weighted by molar-refractivity contribution is -0.128. The van der Waals surface area contributed by atoms with Gasteiger partial charge in [0.15, 0.2) is 0 Å². The van der Waals surface area contributed by atoms with Crippen LogP contribution in [0.5, 0.6) is 0 Å². The monoisotopic (exact) mass is 327 g/mol. The van der Waals surface area contributed by atoms with Gasteiger partial charge in [-0.05, 0) is 30.0 Å². The number of imide groups is 1. The third-order valence-electron chi connectivity index (χ3n) is 3.35. The summed E-state index contributed by atoms with van der Waals surface area (Å²) in [5.74, 6) is -0.353. The van der Waals surface area contributed by atoms with E-state index in [-0.39, 0.29) is 24.9 Å². The van der Waals surface area contributed by atoms with E-state index < -0.39 is 6.09 Å². The number of cyclic esters (lactones) is 1. The van der Waals surface area contributed by atoms with E-state index in [0.29, 0.717) is 23.0 Å². The summed E-state index contributed by atoms with van der Waals surface area (Å²) >= 11 is 11.9. The SMILES string of the molecule is C=CCC(CC(=O)N1CCOC1=O)c1ccc(Cl)c(Cl)c1. The highest BCUT2D eigenvalue weighted by atomic mass is 35.5. The van der Waals surface area contributed by atoms with Crippen LogP contribution in [0, 0.1) is 0 Å². The molecule has 0 saturated carbocycles. The second-order valence-electron chi connectivity index (χ2n) is 4.76. The number of carbonyl (C=O) groups is 2. The molecule has 0 aromatic heterocycles. The van der Waals surface area contributed by atoms with E-state index in [9.17, 15) is 9.59 Å². The van der Waals surface area contributed by atoms with Crippen LogP contribution in [0.25, 0.3) is 0 Å². The van der Waals surface area contributed by atoms with Crippen molar-refractivity contribution in [3.05, 3.63) is 46.5 Å². The molecule has 0 radical (unpaired) electrons. The zero-order valence-corrected chi connectivity index (χ0v) is 12.9. The lowest BCUT2D eigenvalue weighted by Crippen LogP contribution is -2.32. The Morgan fingerprint density at radius 2 is 2.19 bits per heavy atom. The van der Waals surface area contributed by atoms with Gasteiger partial charge in [0.2, 0.25) is 5.91 Å². The van der Waals surface area contributed by atoms with Crippen molar-refractivity contribution in [2.24, 2.45) is 0 Å². The molecule has 6 heteroatoms. The van der Waals surface area contributed by atoms with Crippen molar-refractivity contribution in [2.75, 3.05) is 13.2 Å². The Morgan fingerprint density at radius 3 is 2.76 bits per heavy atom. The van der Waals surface area contributed by atoms with Crippen LogP contribution in [0.3, 0.4) is 0 Å². The zero-order chi connectivity index (χ0) is 15.4. The van der Waals surface area contributed by atoms with Crippen LogP contribution in [0.4, 0.5) is 4.79 Å². The smallest absolute Gasteiger partial charge is 0.416 e. The maximum absolute atomic E-state index is 12.2. The molecule has 1 aliphatic heterocycles. The second kappa shape index (κ2) is 6.96. The Labute approximate surface area is 133 Å². The zero-order valence-electron chi connectivity index (χ0n) is 11.4. The molecule has 1 saturated heterocycles. The van der Waals surface area contributed by atoms with Crippen LogP contribution in [0.2, 0.25) is 10.0 Å². The van der Waals surface area contributed by atoms with Crippen molar-refractivity contribution < 1.29 is 14.3 Å². The summed E-state index contributed by atoms with van der Waals surface area (Å²) in [4.78, 5) is 24.7. The molecule has 4 nitrogen and oxygen atoms in total. The summed E-state index contributed by atoms with van der Waals surface area (Å²) in [5, 5.41) is 0.906. The summed E-state index contributed by atoms with van der Waals surface area (Å²) in [7, 11) is 0. The van der Waals surface area contributed by atoms with Gasteiger partial charge in [0.05, 0.1) is 16.6 Å². The van der Waals surface area contributed by atoms with E-state index in [1.54, 1.807) is 18.2 Å². The molecule has 0 bridgehead atoms. The number of hydrogen-bond donors (Lipinski definition) is 0. The van der Waals surface area contributed by atoms with Gasteiger partial charge < -0.3 is 4.74 Å². The fourth-order valence-electron chi connectivity index (χ4n) is 2.25. The van der Waals surface area contributed by atoms with Gasteiger partial charge >= 0.3 is 6.09 Å². The van der Waals surface area contributed by atoms with E-state index in [4.69, 9.17) is 27.9 Å². The van der Waals surface area contributed by atoms with Gasteiger partial charge in [-0.1, -0.05) is 35.3 Å². The van der Waals surface area contributed by atoms with Crippen LogP contribution >= 0.6 is 23.2 Å². The number of carbonyl (C=O) groups excluding carboxylic acids is 2. The molecule has 21 heavy (non-hydrogen) atoms. The standard InChI is InChI=1S/C15H15Cl2NO3/c1-2-3-10(11-4-5-12(16)13(17)8-11)9-14(19)18-6-7-21-15(18)20/h2,4-5,8,10H,1,3,6-7,9H2. The van der Waals surface area contributed by atoms with Crippen molar-refractivity contribution in [1.82, 2.24) is 4.90 Å². The maximum atomic E-state index is 12.2. The van der Waals surface area contributed by atoms with E-state index >= 15 is 0 Å². The van der Waals surface area contributed by atoms with Crippen molar-refractivity contribution in [3.63, 3.8) is 0 Å². The van der Waals surface area contributed by atoms with E-state index in [2.05, 4.69) is 6.58 Å². The largest absolute Gasteiger partial charge is 0.447 e. The van der Waals surface area contributed by atoms with Crippen LogP contribution in [0.15, 0.2) is 30.9 Å². The number of halogens is 2. The fraction of sp³-hybridized carbons (Fsp3) is 0.333. The summed E-state index contributed by atoms with van der Waals surface area (Å²) < 4.78 is 4.78. The number of nitrogens with zero attached hydrogens (tertiary/aromatic N) is 1.